The molecule has 2 heteroatoms. The van der Waals surface area contributed by atoms with E-state index in [2.05, 4.69) is 47.8 Å². The van der Waals surface area contributed by atoms with Crippen LogP contribution in [-0.2, 0) is 6.42 Å². The molecule has 0 amide bonds. The Labute approximate surface area is 110 Å². The van der Waals surface area contributed by atoms with Crippen LogP contribution in [0.5, 0.6) is 11.5 Å². The lowest BCUT2D eigenvalue weighted by Gasteiger charge is -2.22. The van der Waals surface area contributed by atoms with Gasteiger partial charge in [0.2, 0.25) is 0 Å². The Morgan fingerprint density at radius 1 is 0.895 bits per heavy atom. The third-order valence-corrected chi connectivity index (χ3v) is 3.92. The molecule has 2 aliphatic rings. The molecule has 0 fully saturated rings. The Bertz CT molecular complexity index is 851. The van der Waals surface area contributed by atoms with Crippen LogP contribution in [0.3, 0.4) is 0 Å². The van der Waals surface area contributed by atoms with Crippen molar-refractivity contribution in [1.29, 1.82) is 0 Å². The summed E-state index contributed by atoms with van der Waals surface area (Å²) >= 11 is 0. The summed E-state index contributed by atoms with van der Waals surface area (Å²) in [6, 6.07) is 16.9. The number of rotatable bonds is 0. The predicted octanol–water partition coefficient (Wildman–Crippen LogP) is 4.59. The van der Waals surface area contributed by atoms with E-state index >= 15 is 0 Å². The van der Waals surface area contributed by atoms with Gasteiger partial charge in [-0.25, -0.2) is 0 Å². The SMILES string of the molecule is c1ccc2c3c(ccc2c1)Nc1cc2c(cc1O3)C2. The van der Waals surface area contributed by atoms with Crippen LogP contribution >= 0.6 is 0 Å². The van der Waals surface area contributed by atoms with E-state index in [0.29, 0.717) is 0 Å². The van der Waals surface area contributed by atoms with E-state index < -0.39 is 0 Å². The van der Waals surface area contributed by atoms with Gasteiger partial charge in [-0.05, 0) is 41.1 Å². The van der Waals surface area contributed by atoms with E-state index in [1.807, 2.05) is 6.07 Å². The maximum atomic E-state index is 6.14. The fourth-order valence-electron chi connectivity index (χ4n) is 2.82. The van der Waals surface area contributed by atoms with E-state index in [9.17, 15) is 0 Å². The van der Waals surface area contributed by atoms with Gasteiger partial charge in [-0.3, -0.25) is 0 Å². The molecule has 2 nitrogen and oxygen atoms in total. The molecule has 1 N–H and O–H groups in total. The average Bonchev–Trinajstić information content (AvgIpc) is 3.20. The molecule has 0 unspecified atom stereocenters. The third-order valence-electron chi connectivity index (χ3n) is 3.92. The van der Waals surface area contributed by atoms with E-state index in [-0.39, 0.29) is 0 Å². The minimum atomic E-state index is 0.936. The molecule has 0 saturated heterocycles. The lowest BCUT2D eigenvalue weighted by atomic mass is 10.1. The first-order valence-electron chi connectivity index (χ1n) is 6.51. The van der Waals surface area contributed by atoms with E-state index in [1.165, 1.54) is 16.5 Å². The molecular formula is C17H11NO. The second kappa shape index (κ2) is 3.09. The maximum Gasteiger partial charge on any atom is 0.158 e. The summed E-state index contributed by atoms with van der Waals surface area (Å²) in [6.07, 6.45) is 1.11. The maximum absolute atomic E-state index is 6.14. The van der Waals surface area contributed by atoms with Crippen molar-refractivity contribution in [2.45, 2.75) is 6.42 Å². The standard InChI is InChI=1S/C17H11NO/c1-2-4-13-10(3-1)5-6-14-17(13)19-16-9-12-7-11(12)8-15(16)18-14/h1-6,8-9,18H,7H2. The number of hydrogen-bond acceptors (Lipinski definition) is 2. The quantitative estimate of drug-likeness (QED) is 0.430. The van der Waals surface area contributed by atoms with Gasteiger partial charge in [-0.15, -0.1) is 0 Å². The van der Waals surface area contributed by atoms with Crippen LogP contribution in [0.1, 0.15) is 11.1 Å². The van der Waals surface area contributed by atoms with Crippen LogP contribution in [0.2, 0.25) is 0 Å². The summed E-state index contributed by atoms with van der Waals surface area (Å²) in [5, 5.41) is 5.84. The Morgan fingerprint density at radius 3 is 2.79 bits per heavy atom. The van der Waals surface area contributed by atoms with Crippen LogP contribution in [0, 0.1) is 0 Å². The van der Waals surface area contributed by atoms with Gasteiger partial charge in [0.15, 0.2) is 11.5 Å². The van der Waals surface area contributed by atoms with Gasteiger partial charge in [-0.1, -0.05) is 30.3 Å². The fraction of sp³-hybridized carbons (Fsp3) is 0.0588. The van der Waals surface area contributed by atoms with Crippen LogP contribution < -0.4 is 10.1 Å². The molecular weight excluding hydrogens is 234 g/mol. The van der Waals surface area contributed by atoms with Crippen molar-refractivity contribution in [3.05, 3.63) is 59.7 Å². The van der Waals surface area contributed by atoms with Crippen molar-refractivity contribution in [3.8, 4) is 11.5 Å². The highest BCUT2D eigenvalue weighted by molar-refractivity contribution is 5.96. The summed E-state index contributed by atoms with van der Waals surface area (Å²) < 4.78 is 6.14. The number of hydrogen-bond donors (Lipinski definition) is 1. The van der Waals surface area contributed by atoms with Crippen LogP contribution in [-0.4, -0.2) is 0 Å². The topological polar surface area (TPSA) is 21.3 Å². The summed E-state index contributed by atoms with van der Waals surface area (Å²) in [5.41, 5.74) is 4.97. The first-order chi connectivity index (χ1) is 9.38. The van der Waals surface area contributed by atoms with Crippen molar-refractivity contribution in [1.82, 2.24) is 0 Å². The summed E-state index contributed by atoms with van der Waals surface area (Å²) in [5.74, 6) is 1.88. The Hall–Kier alpha value is -2.48. The molecule has 0 aromatic heterocycles. The second-order valence-corrected chi connectivity index (χ2v) is 5.18. The normalized spacial score (nSPS) is 13.9. The van der Waals surface area contributed by atoms with Gasteiger partial charge >= 0.3 is 0 Å². The van der Waals surface area contributed by atoms with Crippen LogP contribution in [0.4, 0.5) is 11.4 Å². The molecule has 0 atom stereocenters. The molecule has 1 aliphatic heterocycles. The van der Waals surface area contributed by atoms with Crippen molar-refractivity contribution < 1.29 is 4.74 Å². The molecule has 90 valence electrons. The number of ether oxygens (including phenoxy) is 1. The third kappa shape index (κ3) is 1.26. The summed E-state index contributed by atoms with van der Waals surface area (Å²) in [6.45, 7) is 0. The average molecular weight is 245 g/mol. The number of nitrogens with one attached hydrogen (secondary N) is 1. The minimum Gasteiger partial charge on any atom is -0.452 e. The van der Waals surface area contributed by atoms with E-state index in [4.69, 9.17) is 4.74 Å². The van der Waals surface area contributed by atoms with Gasteiger partial charge in [0, 0.05) is 5.39 Å². The first-order valence-corrected chi connectivity index (χ1v) is 6.51. The zero-order valence-electron chi connectivity index (χ0n) is 10.2. The fourth-order valence-corrected chi connectivity index (χ4v) is 2.82. The molecule has 0 spiro atoms. The van der Waals surface area contributed by atoms with Crippen LogP contribution in [0.25, 0.3) is 10.8 Å². The highest BCUT2D eigenvalue weighted by atomic mass is 16.5. The lowest BCUT2D eigenvalue weighted by Crippen LogP contribution is -2.02. The summed E-state index contributed by atoms with van der Waals surface area (Å²) in [4.78, 5) is 0. The number of benzene rings is 3. The second-order valence-electron chi connectivity index (χ2n) is 5.18. The molecule has 0 bridgehead atoms. The van der Waals surface area contributed by atoms with Gasteiger partial charge in [-0.2, -0.15) is 0 Å². The van der Waals surface area contributed by atoms with Crippen molar-refractivity contribution in [2.24, 2.45) is 0 Å². The van der Waals surface area contributed by atoms with Crippen molar-refractivity contribution in [3.63, 3.8) is 0 Å². The highest BCUT2D eigenvalue weighted by Gasteiger charge is 2.25. The van der Waals surface area contributed by atoms with Crippen LogP contribution in [0.15, 0.2) is 48.5 Å². The molecule has 1 heterocycles. The number of fused-ring (bicyclic) bond motifs is 5. The first kappa shape index (κ1) is 9.45. The smallest absolute Gasteiger partial charge is 0.158 e. The van der Waals surface area contributed by atoms with Gasteiger partial charge in [0.1, 0.15) is 0 Å². The van der Waals surface area contributed by atoms with E-state index in [1.54, 1.807) is 0 Å². The predicted molar refractivity (Wildman–Crippen MR) is 76.6 cm³/mol. The largest absolute Gasteiger partial charge is 0.452 e. The number of anilines is 2. The van der Waals surface area contributed by atoms with Gasteiger partial charge in [0.05, 0.1) is 11.4 Å². The lowest BCUT2D eigenvalue weighted by molar-refractivity contribution is 0.487. The minimum absolute atomic E-state index is 0.936. The van der Waals surface area contributed by atoms with Gasteiger partial charge < -0.3 is 10.1 Å². The molecule has 5 rings (SSSR count). The molecule has 3 aromatic rings. The molecule has 0 radical (unpaired) electrons. The molecule has 1 aliphatic carbocycles. The zero-order chi connectivity index (χ0) is 12.4. The summed E-state index contributed by atoms with van der Waals surface area (Å²) in [7, 11) is 0. The van der Waals surface area contributed by atoms with Gasteiger partial charge in [0.25, 0.3) is 0 Å². The van der Waals surface area contributed by atoms with E-state index in [0.717, 1.165) is 34.7 Å². The monoisotopic (exact) mass is 245 g/mol. The Kier molecular flexibility index (Phi) is 1.54. The molecule has 0 saturated carbocycles. The molecule has 3 aromatic carbocycles. The molecule has 19 heavy (non-hydrogen) atoms. The Balaban J connectivity index is 1.77. The highest BCUT2D eigenvalue weighted by Crippen LogP contribution is 2.48. The van der Waals surface area contributed by atoms with Crippen molar-refractivity contribution in [2.75, 3.05) is 5.32 Å². The Morgan fingerprint density at radius 2 is 1.79 bits per heavy atom. The zero-order valence-corrected chi connectivity index (χ0v) is 10.2. The van der Waals surface area contributed by atoms with Crippen molar-refractivity contribution >= 4 is 22.1 Å².